The Balaban J connectivity index is 2.24. The molecule has 1 fully saturated rings. The number of nitrogens with zero attached hydrogens (tertiary/aromatic N) is 2. The van der Waals surface area contributed by atoms with E-state index in [9.17, 15) is 0 Å². The van der Waals surface area contributed by atoms with Crippen molar-refractivity contribution in [2.75, 3.05) is 38.6 Å². The maximum Gasteiger partial charge on any atom is 0.0639 e. The molecule has 1 atom stereocenters. The van der Waals surface area contributed by atoms with Crippen LogP contribution >= 0.6 is 11.6 Å². The van der Waals surface area contributed by atoms with Crippen molar-refractivity contribution in [1.29, 1.82) is 0 Å². The van der Waals surface area contributed by atoms with E-state index in [1.165, 1.54) is 0 Å². The molecular formula is C14H22ClN3. The molecule has 2 N–H and O–H groups in total. The van der Waals surface area contributed by atoms with Crippen molar-refractivity contribution in [2.24, 2.45) is 5.73 Å². The molecule has 0 amide bonds. The fourth-order valence-corrected chi connectivity index (χ4v) is 3.00. The predicted molar refractivity (Wildman–Crippen MR) is 78.4 cm³/mol. The minimum Gasteiger partial charge on any atom is -0.368 e. The standard InChI is InChI=1S/C14H22ClN3/c1-17(2)14(10-16)8-5-9-18(11-14)13-7-4-3-6-12(13)15/h3-4,6-7H,5,8-11,16H2,1-2H3. The maximum atomic E-state index is 6.29. The second-order valence-electron chi connectivity index (χ2n) is 5.30. The molecule has 18 heavy (non-hydrogen) atoms. The number of halogens is 1. The van der Waals surface area contributed by atoms with Gasteiger partial charge in [0, 0.05) is 19.6 Å². The van der Waals surface area contributed by atoms with Gasteiger partial charge in [0.25, 0.3) is 0 Å². The highest BCUT2D eigenvalue weighted by Crippen LogP contribution is 2.32. The van der Waals surface area contributed by atoms with E-state index in [4.69, 9.17) is 17.3 Å². The van der Waals surface area contributed by atoms with E-state index in [0.29, 0.717) is 6.54 Å². The lowest BCUT2D eigenvalue weighted by Crippen LogP contribution is -2.60. The van der Waals surface area contributed by atoms with Gasteiger partial charge in [-0.05, 0) is 39.1 Å². The Morgan fingerprint density at radius 1 is 1.39 bits per heavy atom. The molecule has 0 spiro atoms. The minimum atomic E-state index is 0.0669. The molecule has 1 saturated heterocycles. The van der Waals surface area contributed by atoms with E-state index in [1.54, 1.807) is 0 Å². The van der Waals surface area contributed by atoms with Gasteiger partial charge >= 0.3 is 0 Å². The molecule has 0 aliphatic carbocycles. The summed E-state index contributed by atoms with van der Waals surface area (Å²) in [6.07, 6.45) is 2.30. The second kappa shape index (κ2) is 5.47. The van der Waals surface area contributed by atoms with E-state index in [0.717, 1.165) is 36.6 Å². The molecule has 3 nitrogen and oxygen atoms in total. The first-order chi connectivity index (χ1) is 8.59. The predicted octanol–water partition coefficient (Wildman–Crippen LogP) is 2.20. The highest BCUT2D eigenvalue weighted by molar-refractivity contribution is 6.33. The maximum absolute atomic E-state index is 6.29. The zero-order chi connectivity index (χ0) is 13.2. The summed E-state index contributed by atoms with van der Waals surface area (Å²) in [7, 11) is 4.23. The monoisotopic (exact) mass is 267 g/mol. The van der Waals surface area contributed by atoms with Gasteiger partial charge in [0.2, 0.25) is 0 Å². The van der Waals surface area contributed by atoms with Gasteiger partial charge in [0.15, 0.2) is 0 Å². The Kier molecular flexibility index (Phi) is 4.15. The first-order valence-corrected chi connectivity index (χ1v) is 6.84. The lowest BCUT2D eigenvalue weighted by Gasteiger charge is -2.47. The molecule has 0 radical (unpaired) electrons. The molecule has 1 aliphatic rings. The molecule has 0 saturated carbocycles. The van der Waals surface area contributed by atoms with Gasteiger partial charge in [0.05, 0.1) is 16.2 Å². The molecule has 1 aliphatic heterocycles. The summed E-state index contributed by atoms with van der Waals surface area (Å²) >= 11 is 6.29. The molecule has 2 rings (SSSR count). The summed E-state index contributed by atoms with van der Waals surface area (Å²) in [5.41, 5.74) is 7.21. The van der Waals surface area contributed by atoms with E-state index < -0.39 is 0 Å². The first-order valence-electron chi connectivity index (χ1n) is 6.46. The van der Waals surface area contributed by atoms with E-state index in [-0.39, 0.29) is 5.54 Å². The van der Waals surface area contributed by atoms with Crippen LogP contribution in [-0.4, -0.2) is 44.2 Å². The van der Waals surface area contributed by atoms with E-state index in [1.807, 2.05) is 18.2 Å². The third kappa shape index (κ3) is 2.48. The number of hydrogen-bond acceptors (Lipinski definition) is 3. The fourth-order valence-electron chi connectivity index (χ4n) is 2.74. The number of piperidine rings is 1. The lowest BCUT2D eigenvalue weighted by atomic mass is 9.87. The van der Waals surface area contributed by atoms with Crippen LogP contribution in [0.25, 0.3) is 0 Å². The average molecular weight is 268 g/mol. The van der Waals surface area contributed by atoms with Crippen LogP contribution in [-0.2, 0) is 0 Å². The van der Waals surface area contributed by atoms with Gasteiger partial charge in [-0.2, -0.15) is 0 Å². The molecule has 0 bridgehead atoms. The summed E-state index contributed by atoms with van der Waals surface area (Å²) in [5, 5.41) is 0.823. The van der Waals surface area contributed by atoms with Gasteiger partial charge < -0.3 is 15.5 Å². The van der Waals surface area contributed by atoms with Crippen LogP contribution < -0.4 is 10.6 Å². The number of para-hydroxylation sites is 1. The quantitative estimate of drug-likeness (QED) is 0.911. The smallest absolute Gasteiger partial charge is 0.0639 e. The average Bonchev–Trinajstić information content (AvgIpc) is 2.39. The number of rotatable bonds is 3. The van der Waals surface area contributed by atoms with Crippen LogP contribution in [0.5, 0.6) is 0 Å². The zero-order valence-electron chi connectivity index (χ0n) is 11.2. The van der Waals surface area contributed by atoms with Crippen LogP contribution in [0.1, 0.15) is 12.8 Å². The van der Waals surface area contributed by atoms with E-state index >= 15 is 0 Å². The summed E-state index contributed by atoms with van der Waals surface area (Å²) in [4.78, 5) is 4.62. The highest BCUT2D eigenvalue weighted by Gasteiger charge is 2.36. The molecule has 1 aromatic rings. The Labute approximate surface area is 115 Å². The molecule has 1 heterocycles. The Morgan fingerprint density at radius 2 is 2.11 bits per heavy atom. The largest absolute Gasteiger partial charge is 0.368 e. The molecular weight excluding hydrogens is 246 g/mol. The van der Waals surface area contributed by atoms with Crippen molar-refractivity contribution >= 4 is 17.3 Å². The van der Waals surface area contributed by atoms with Crippen LogP contribution in [0, 0.1) is 0 Å². The molecule has 0 aromatic heterocycles. The van der Waals surface area contributed by atoms with Crippen molar-refractivity contribution in [3.63, 3.8) is 0 Å². The number of hydrogen-bond donors (Lipinski definition) is 1. The lowest BCUT2D eigenvalue weighted by molar-refractivity contribution is 0.135. The van der Waals surface area contributed by atoms with Gasteiger partial charge in [-0.3, -0.25) is 0 Å². The Bertz CT molecular complexity index is 408. The van der Waals surface area contributed by atoms with Crippen molar-refractivity contribution in [3.8, 4) is 0 Å². The second-order valence-corrected chi connectivity index (χ2v) is 5.71. The van der Waals surface area contributed by atoms with Crippen molar-refractivity contribution < 1.29 is 0 Å². The van der Waals surface area contributed by atoms with Gasteiger partial charge in [-0.1, -0.05) is 23.7 Å². The van der Waals surface area contributed by atoms with Crippen molar-refractivity contribution in [2.45, 2.75) is 18.4 Å². The van der Waals surface area contributed by atoms with Crippen LogP contribution in [0.3, 0.4) is 0 Å². The highest BCUT2D eigenvalue weighted by atomic mass is 35.5. The molecule has 1 aromatic carbocycles. The van der Waals surface area contributed by atoms with Crippen molar-refractivity contribution in [3.05, 3.63) is 29.3 Å². The number of benzene rings is 1. The van der Waals surface area contributed by atoms with Crippen LogP contribution in [0.2, 0.25) is 5.02 Å². The molecule has 4 heteroatoms. The van der Waals surface area contributed by atoms with Crippen LogP contribution in [0.4, 0.5) is 5.69 Å². The summed E-state index contributed by atoms with van der Waals surface area (Å²) in [6.45, 7) is 2.68. The van der Waals surface area contributed by atoms with E-state index in [2.05, 4.69) is 30.0 Å². The Morgan fingerprint density at radius 3 is 2.72 bits per heavy atom. The molecule has 1 unspecified atom stereocenters. The van der Waals surface area contributed by atoms with Gasteiger partial charge in [-0.15, -0.1) is 0 Å². The number of nitrogens with two attached hydrogens (primary N) is 1. The normalized spacial score (nSPS) is 24.6. The SMILES string of the molecule is CN(C)C1(CN)CCCN(c2ccccc2Cl)C1. The first kappa shape index (κ1) is 13.7. The topological polar surface area (TPSA) is 32.5 Å². The number of likely N-dealkylation sites (N-methyl/N-ethyl adjacent to an activating group) is 1. The van der Waals surface area contributed by atoms with Gasteiger partial charge in [-0.25, -0.2) is 0 Å². The fraction of sp³-hybridized carbons (Fsp3) is 0.571. The van der Waals surface area contributed by atoms with Crippen LogP contribution in [0.15, 0.2) is 24.3 Å². The third-order valence-corrected chi connectivity index (χ3v) is 4.40. The third-order valence-electron chi connectivity index (χ3n) is 4.08. The summed E-state index contributed by atoms with van der Waals surface area (Å²) < 4.78 is 0. The minimum absolute atomic E-state index is 0.0669. The molecule has 100 valence electrons. The number of anilines is 1. The van der Waals surface area contributed by atoms with Crippen molar-refractivity contribution in [1.82, 2.24) is 4.90 Å². The summed E-state index contributed by atoms with van der Waals surface area (Å²) in [5.74, 6) is 0. The Hall–Kier alpha value is -0.770. The summed E-state index contributed by atoms with van der Waals surface area (Å²) in [6, 6.07) is 8.05. The van der Waals surface area contributed by atoms with Gasteiger partial charge in [0.1, 0.15) is 0 Å². The zero-order valence-corrected chi connectivity index (χ0v) is 12.0.